The fraction of sp³-hybridized carbons (Fsp3) is 0.425. The highest BCUT2D eigenvalue weighted by Gasteiger charge is 2.69. The van der Waals surface area contributed by atoms with E-state index in [1.54, 1.807) is 60.3 Å². The number of fused-ring (bicyclic) bond motifs is 2. The number of aromatic nitrogens is 11. The predicted octanol–water partition coefficient (Wildman–Crippen LogP) is -0.326. The van der Waals surface area contributed by atoms with Crippen molar-refractivity contribution in [1.82, 2.24) is 51.5 Å². The second kappa shape index (κ2) is 44.8. The first-order valence-corrected chi connectivity index (χ1v) is 54.0. The minimum atomic E-state index is -6.46. The predicted molar refractivity (Wildman–Crippen MR) is 468 cm³/mol. The fourth-order valence-electron chi connectivity index (χ4n) is 14.3. The Hall–Kier alpha value is -9.58. The molecule has 56 nitrogen and oxygen atoms in total. The summed E-state index contributed by atoms with van der Waals surface area (Å²) < 4.78 is 304. The Balaban J connectivity index is 0.000000189. The number of nitrogens with zero attached hydrogens (tertiary/aromatic N) is 11. The topological polar surface area (TPSA) is 835 Å². The summed E-state index contributed by atoms with van der Waals surface area (Å²) in [5.41, 5.74) is -6.83. The van der Waals surface area contributed by atoms with Gasteiger partial charge in [0.25, 0.3) is 28.2 Å². The van der Waals surface area contributed by atoms with Gasteiger partial charge in [-0.15, -0.1) is 0 Å². The number of halogens is 12. The highest BCUT2D eigenvalue weighted by Crippen LogP contribution is 2.76. The van der Waals surface area contributed by atoms with E-state index in [9.17, 15) is 188 Å². The van der Waals surface area contributed by atoms with Crippen LogP contribution in [0.5, 0.6) is 0 Å². The molecule has 4 aliphatic rings. The van der Waals surface area contributed by atoms with Crippen molar-refractivity contribution < 1.29 is 230 Å². The first-order valence-electron chi connectivity index (χ1n) is 41.2. The molecule has 0 bridgehead atoms. The molecule has 149 heavy (non-hydrogen) atoms. The summed E-state index contributed by atoms with van der Waals surface area (Å²) in [6, 6.07) is 26.0. The van der Waals surface area contributed by atoms with E-state index >= 15 is 0 Å². The standard InChI is InChI=1S/C19H22F2N4O11P2.2C18H20F4N2O11P2.C18H19F2N3O12P2/c1-23-12-5-3-2-4-10(12)11(22-23)8-25-14(26)6-7-24(18(25)29)17-16(28)15(27)13(36-17)9-35-38(33,34)19(20,21)37(30,31)32;19-10-2-1-9(11(20)7-10)3-5-23-13(25)4-6-24(17(23)28)16-15(27)14(26)12(35-16)8-34-37(32,33)18(21,22)36(29,30)31;19-17(20,10-4-2-1-3-5-10)9-24-12(25)6-7-23(16(24)28)15-14(27)13(26)11(35-15)8-34-37(32,33)18(21,22)36(29,30)31;19-18(20,36(28,29)30)37(31,32)33-8-12-14(25)15(26)16(34-12)22-6-5-13(24)23(17(22)27)7-10-9-3-1-2-4-11(9)35-21-10/h2-7,13,15-17,27-28H,8-9H2,1H3,(H,33,34)(H2,30,31,32);1-2,4,6-7,12,14-16,26-27H,3,5,8H2,(H,32,33)(H2,29,30,31);1-7,11,13-15,26-27H,8-9H2,(H,32,33)(H2,29,30,31);1-6,12,14-16,25-26H,7-8H2,(H,31,32)(H2,28,29,30)/t13-,15?,16+,17-;12-,14?,15+,16-;11-,13?,14+,15-;12-,14?,15+,16-/m1111/s1. The lowest BCUT2D eigenvalue weighted by Crippen LogP contribution is -2.45. The van der Waals surface area contributed by atoms with E-state index < -0.39 is 288 Å². The fourth-order valence-corrected chi connectivity index (χ4v) is 22.3. The first kappa shape index (κ1) is 120. The van der Waals surface area contributed by atoms with Crippen molar-refractivity contribution in [2.24, 2.45) is 7.05 Å². The Morgan fingerprint density at radius 2 is 0.678 bits per heavy atom. The maximum atomic E-state index is 14.7. The number of rotatable bonds is 34. The minimum Gasteiger partial charge on any atom is -0.387 e. The molecule has 0 radical (unpaired) electrons. The maximum Gasteiger partial charge on any atom is 0.443 e. The van der Waals surface area contributed by atoms with Crippen molar-refractivity contribution in [2.75, 3.05) is 26.4 Å². The van der Waals surface area contributed by atoms with Gasteiger partial charge in [0.2, 0.25) is 0 Å². The zero-order valence-corrected chi connectivity index (χ0v) is 81.3. The molecule has 10 aromatic rings. The van der Waals surface area contributed by atoms with Gasteiger partial charge >= 0.3 is 105 Å². The van der Waals surface area contributed by atoms with Crippen LogP contribution in [0.3, 0.4) is 0 Å². The quantitative estimate of drug-likeness (QED) is 0.0181. The molecular formula is C73H81F12N11O45P8. The number of aliphatic hydroxyl groups is 8. The van der Waals surface area contributed by atoms with Crippen LogP contribution in [-0.4, -0.2) is 272 Å². The van der Waals surface area contributed by atoms with E-state index in [4.69, 9.17) is 62.6 Å². The number of alkyl halides is 10. The third kappa shape index (κ3) is 24.8. The number of benzene rings is 4. The third-order valence-electron chi connectivity index (χ3n) is 22.3. The van der Waals surface area contributed by atoms with Crippen molar-refractivity contribution in [3.8, 4) is 0 Å². The summed E-state index contributed by atoms with van der Waals surface area (Å²) in [6.07, 6.45) is -27.0. The molecule has 0 aliphatic carbocycles. The van der Waals surface area contributed by atoms with Gasteiger partial charge in [-0.1, -0.05) is 71.9 Å². The average molecular weight is 2310 g/mol. The molecule has 20 N–H and O–H groups in total. The Morgan fingerprint density at radius 3 is 1.03 bits per heavy atom. The van der Waals surface area contributed by atoms with Crippen molar-refractivity contribution >= 4 is 82.6 Å². The SMILES string of the molecule is Cn1nc(Cn2c(=O)ccn([C@@H]3O[C@H](COP(=O)(O)C(F)(F)P(=O)(O)O)C(O)[C@@H]3O)c2=O)c2ccccc21.O=c1ccn([C@@H]2O[C@H](COP(=O)(O)C(F)(F)P(=O)(O)O)C(O)[C@@H]2O)c(=O)n1CC(F)(F)c1ccccc1.O=c1ccn([C@@H]2O[C@H](COP(=O)(O)C(F)(F)P(=O)(O)O)C(O)[C@@H]2O)c(=O)n1CCc1ccc(F)cc1F.O=c1ccn([C@@H]2O[C@H](COP(=O)(O)C(F)(F)P(=O)(O)O)C(O)[C@@H]2O)c(=O)n1Cc1noc2ccccc12. The molecule has 10 heterocycles. The first-order chi connectivity index (χ1) is 68.6. The van der Waals surface area contributed by atoms with Gasteiger partial charge in [-0.2, -0.15) is 49.0 Å². The highest BCUT2D eigenvalue weighted by atomic mass is 31.3. The third-order valence-corrected chi connectivity index (χ3v) is 36.0. The minimum absolute atomic E-state index is 0.0200. The Labute approximate surface area is 816 Å². The van der Waals surface area contributed by atoms with E-state index in [0.29, 0.717) is 52.5 Å². The molecule has 6 aromatic heterocycles. The lowest BCUT2D eigenvalue weighted by Gasteiger charge is -2.24. The molecule has 4 aliphatic heterocycles. The van der Waals surface area contributed by atoms with Crippen LogP contribution in [0.15, 0.2) is 189 Å². The summed E-state index contributed by atoms with van der Waals surface area (Å²) in [4.78, 5) is 208. The van der Waals surface area contributed by atoms with E-state index in [2.05, 4.69) is 28.4 Å². The van der Waals surface area contributed by atoms with Crippen LogP contribution in [0.1, 0.15) is 47.4 Å². The molecule has 4 saturated heterocycles. The zero-order chi connectivity index (χ0) is 111. The number of aryl methyl sites for hydroxylation is 2. The maximum absolute atomic E-state index is 14.7. The van der Waals surface area contributed by atoms with Gasteiger partial charge < -0.3 is 141 Å². The monoisotopic (exact) mass is 2310 g/mol. The molecule has 4 fully saturated rings. The summed E-state index contributed by atoms with van der Waals surface area (Å²) in [5.74, 6) is -5.45. The molecule has 8 unspecified atom stereocenters. The molecule has 822 valence electrons. The Kier molecular flexibility index (Phi) is 36.0. The number of para-hydroxylation sites is 2. The van der Waals surface area contributed by atoms with E-state index in [0.717, 1.165) is 86.5 Å². The van der Waals surface area contributed by atoms with E-state index in [1.807, 2.05) is 0 Å². The van der Waals surface area contributed by atoms with Gasteiger partial charge in [-0.3, -0.25) is 96.9 Å². The average Bonchev–Trinajstić information content (AvgIpc) is 1.55. The van der Waals surface area contributed by atoms with Gasteiger partial charge in [0.1, 0.15) is 90.6 Å². The van der Waals surface area contributed by atoms with Gasteiger partial charge in [0.05, 0.1) is 57.3 Å². The van der Waals surface area contributed by atoms with Crippen molar-refractivity contribution in [3.05, 3.63) is 264 Å². The van der Waals surface area contributed by atoms with Gasteiger partial charge in [0, 0.05) is 85.0 Å². The van der Waals surface area contributed by atoms with Gasteiger partial charge in [-0.05, 0) is 36.2 Å². The smallest absolute Gasteiger partial charge is 0.387 e. The summed E-state index contributed by atoms with van der Waals surface area (Å²) in [7, 11) is -49.3. The molecule has 0 saturated carbocycles. The van der Waals surface area contributed by atoms with Crippen LogP contribution in [0.4, 0.5) is 52.7 Å². The Bertz CT molecular complexity index is 7590. The van der Waals surface area contributed by atoms with Gasteiger partial charge in [-0.25, -0.2) is 28.0 Å². The lowest BCUT2D eigenvalue weighted by atomic mass is 10.1. The van der Waals surface area contributed by atoms with E-state index in [-0.39, 0.29) is 35.3 Å². The molecule has 0 spiro atoms. The molecular weight excluding hydrogens is 2230 g/mol. The van der Waals surface area contributed by atoms with Crippen molar-refractivity contribution in [2.45, 2.75) is 158 Å². The molecule has 0 amide bonds. The van der Waals surface area contributed by atoms with Crippen LogP contribution in [0.25, 0.3) is 21.9 Å². The molecule has 76 heteroatoms. The van der Waals surface area contributed by atoms with Crippen LogP contribution in [0, 0.1) is 11.6 Å². The number of hydrogen-bond acceptors (Lipinski definition) is 35. The largest absolute Gasteiger partial charge is 0.443 e. The molecule has 20 atom stereocenters. The zero-order valence-electron chi connectivity index (χ0n) is 74.1. The molecule has 14 rings (SSSR count). The number of ether oxygens (including phenoxy) is 4. The van der Waals surface area contributed by atoms with Gasteiger partial charge in [0.15, 0.2) is 30.5 Å². The number of hydrogen-bond donors (Lipinski definition) is 20. The highest BCUT2D eigenvalue weighted by molar-refractivity contribution is 7.73. The van der Waals surface area contributed by atoms with E-state index in [1.165, 1.54) is 18.2 Å². The van der Waals surface area contributed by atoms with Crippen LogP contribution < -0.4 is 45.0 Å². The normalized spacial score (nSPS) is 24.4. The van der Waals surface area contributed by atoms with Crippen LogP contribution in [0.2, 0.25) is 0 Å². The van der Waals surface area contributed by atoms with Crippen molar-refractivity contribution in [1.29, 1.82) is 0 Å². The number of aliphatic hydroxyl groups excluding tert-OH is 8. The summed E-state index contributed by atoms with van der Waals surface area (Å²) in [6.45, 7) is -7.86. The van der Waals surface area contributed by atoms with Crippen LogP contribution in [-0.2, 0) is 119 Å². The Morgan fingerprint density at radius 1 is 0.369 bits per heavy atom. The molecule has 4 aromatic carbocycles. The summed E-state index contributed by atoms with van der Waals surface area (Å²) >= 11 is 0. The summed E-state index contributed by atoms with van der Waals surface area (Å²) in [5, 5.41) is 69.5. The lowest BCUT2D eigenvalue weighted by molar-refractivity contribution is -0.0572. The van der Waals surface area contributed by atoms with Crippen molar-refractivity contribution in [3.63, 3.8) is 0 Å². The second-order valence-corrected chi connectivity index (χ2v) is 47.7. The van der Waals surface area contributed by atoms with Crippen LogP contribution >= 0.6 is 60.8 Å². The second-order valence-electron chi connectivity index (χ2n) is 32.2.